The van der Waals surface area contributed by atoms with Gasteiger partial charge in [0.1, 0.15) is 0 Å². The second-order valence-electron chi connectivity index (χ2n) is 10.6. The molecule has 0 unspecified atom stereocenters. The van der Waals surface area contributed by atoms with Gasteiger partial charge in [-0.3, -0.25) is 0 Å². The molecule has 7 atom stereocenters. The summed E-state index contributed by atoms with van der Waals surface area (Å²) < 4.78 is 0. The lowest BCUT2D eigenvalue weighted by molar-refractivity contribution is -0.111. The van der Waals surface area contributed by atoms with Gasteiger partial charge in [-0.1, -0.05) is 27.7 Å². The lowest BCUT2D eigenvalue weighted by Crippen LogP contribution is -2.54. The number of aliphatic hydroxyl groups excluding tert-OH is 2. The summed E-state index contributed by atoms with van der Waals surface area (Å²) in [5.41, 5.74) is 1.06. The van der Waals surface area contributed by atoms with E-state index in [9.17, 15) is 10.2 Å². The van der Waals surface area contributed by atoms with Crippen molar-refractivity contribution in [2.75, 3.05) is 20.2 Å². The topological polar surface area (TPSA) is 52.5 Å². The molecular weight excluding hydrogens is 310 g/mol. The zero-order valence-electron chi connectivity index (χ0n) is 17.1. The molecule has 25 heavy (non-hydrogen) atoms. The van der Waals surface area contributed by atoms with Crippen LogP contribution in [0.4, 0.5) is 0 Å². The van der Waals surface area contributed by atoms with Gasteiger partial charge < -0.3 is 15.5 Å². The van der Waals surface area contributed by atoms with E-state index in [1.807, 2.05) is 0 Å². The first-order valence-corrected chi connectivity index (χ1v) is 10.6. The van der Waals surface area contributed by atoms with Crippen LogP contribution in [0.5, 0.6) is 0 Å². The van der Waals surface area contributed by atoms with Gasteiger partial charge in [0, 0.05) is 6.61 Å². The van der Waals surface area contributed by atoms with Crippen LogP contribution < -0.4 is 5.32 Å². The van der Waals surface area contributed by atoms with Crippen LogP contribution >= 0.6 is 0 Å². The fraction of sp³-hybridized carbons (Fsp3) is 1.00. The Balaban J connectivity index is 1.91. The van der Waals surface area contributed by atoms with Crippen LogP contribution in [0.2, 0.25) is 0 Å². The van der Waals surface area contributed by atoms with Crippen LogP contribution in [0.25, 0.3) is 0 Å². The van der Waals surface area contributed by atoms with Crippen molar-refractivity contribution in [3.8, 4) is 0 Å². The Hall–Kier alpha value is -0.120. The Labute approximate surface area is 155 Å². The molecule has 3 heteroatoms. The summed E-state index contributed by atoms with van der Waals surface area (Å²) in [5, 5.41) is 23.7. The van der Waals surface area contributed by atoms with Crippen molar-refractivity contribution in [1.29, 1.82) is 0 Å². The van der Waals surface area contributed by atoms with Crippen molar-refractivity contribution in [2.45, 2.75) is 78.7 Å². The average Bonchev–Trinajstić information content (AvgIpc) is 2.80. The lowest BCUT2D eigenvalue weighted by atomic mass is 9.47. The summed E-state index contributed by atoms with van der Waals surface area (Å²) in [5.74, 6) is 2.40. The summed E-state index contributed by atoms with van der Waals surface area (Å²) >= 11 is 0. The molecule has 0 radical (unpaired) electrons. The van der Waals surface area contributed by atoms with E-state index in [0.717, 1.165) is 31.7 Å². The fourth-order valence-corrected chi connectivity index (χ4v) is 7.29. The fourth-order valence-electron chi connectivity index (χ4n) is 7.29. The third kappa shape index (κ3) is 2.99. The summed E-state index contributed by atoms with van der Waals surface area (Å²) in [6.45, 7) is 11.3. The second kappa shape index (κ2) is 6.80. The third-order valence-electron chi connectivity index (χ3n) is 9.47. The smallest absolute Gasteiger partial charge is 0.0544 e. The number of rotatable bonds is 4. The molecule has 3 nitrogen and oxygen atoms in total. The second-order valence-corrected chi connectivity index (χ2v) is 10.6. The minimum absolute atomic E-state index is 0.170. The number of hydrogen-bond donors (Lipinski definition) is 3. The van der Waals surface area contributed by atoms with Gasteiger partial charge >= 0.3 is 0 Å². The van der Waals surface area contributed by atoms with Crippen LogP contribution in [-0.4, -0.2) is 36.5 Å². The zero-order valence-corrected chi connectivity index (χ0v) is 17.1. The largest absolute Gasteiger partial charge is 0.396 e. The minimum atomic E-state index is -0.216. The van der Waals surface area contributed by atoms with E-state index < -0.39 is 0 Å². The highest BCUT2D eigenvalue weighted by atomic mass is 16.3. The molecule has 0 heterocycles. The summed E-state index contributed by atoms with van der Waals surface area (Å²) in [4.78, 5) is 0. The standard InChI is InChI=1S/C22H41NO2/c1-20(2)9-7-19-17(13-23-5)18(8-11-22(19,20)4)21(3)10-6-16(25)12-15(21)14-24/h15-19,23-25H,6-14H2,1-5H3/t15-,16+,17-,18+,19+,21+,22+/m1/s1. The van der Waals surface area contributed by atoms with Crippen molar-refractivity contribution >= 4 is 0 Å². The van der Waals surface area contributed by atoms with Crippen molar-refractivity contribution < 1.29 is 10.2 Å². The van der Waals surface area contributed by atoms with Gasteiger partial charge in [-0.2, -0.15) is 0 Å². The van der Waals surface area contributed by atoms with Gasteiger partial charge in [0.05, 0.1) is 6.10 Å². The molecule has 0 bridgehead atoms. The maximum absolute atomic E-state index is 10.1. The molecule has 0 aliphatic heterocycles. The van der Waals surface area contributed by atoms with Gasteiger partial charge in [-0.25, -0.2) is 0 Å². The minimum Gasteiger partial charge on any atom is -0.396 e. The van der Waals surface area contributed by atoms with Crippen molar-refractivity contribution in [3.63, 3.8) is 0 Å². The molecule has 0 aromatic rings. The molecule has 3 rings (SSSR count). The van der Waals surface area contributed by atoms with E-state index in [1.165, 1.54) is 25.7 Å². The Morgan fingerprint density at radius 1 is 0.960 bits per heavy atom. The van der Waals surface area contributed by atoms with Crippen LogP contribution in [0.3, 0.4) is 0 Å². The van der Waals surface area contributed by atoms with Crippen LogP contribution in [0.1, 0.15) is 72.6 Å². The summed E-state index contributed by atoms with van der Waals surface area (Å²) in [6, 6.07) is 0. The highest BCUT2D eigenvalue weighted by Crippen LogP contribution is 2.67. The maximum atomic E-state index is 10.1. The highest BCUT2D eigenvalue weighted by Gasteiger charge is 2.60. The van der Waals surface area contributed by atoms with Crippen molar-refractivity contribution in [3.05, 3.63) is 0 Å². The molecule has 146 valence electrons. The Morgan fingerprint density at radius 2 is 1.64 bits per heavy atom. The zero-order chi connectivity index (χ0) is 18.5. The molecule has 0 aromatic heterocycles. The number of fused-ring (bicyclic) bond motifs is 1. The van der Waals surface area contributed by atoms with Gasteiger partial charge in [0.15, 0.2) is 0 Å². The monoisotopic (exact) mass is 351 g/mol. The predicted octanol–water partition coefficient (Wildman–Crippen LogP) is 3.83. The first-order chi connectivity index (χ1) is 11.7. The Kier molecular flexibility index (Phi) is 5.34. The molecule has 0 aromatic carbocycles. The normalized spacial score (nSPS) is 49.8. The van der Waals surface area contributed by atoms with E-state index in [4.69, 9.17) is 0 Å². The Bertz CT molecular complexity index is 479. The molecule has 3 N–H and O–H groups in total. The summed E-state index contributed by atoms with van der Waals surface area (Å²) in [7, 11) is 2.10. The van der Waals surface area contributed by atoms with E-state index in [-0.39, 0.29) is 24.0 Å². The predicted molar refractivity (Wildman–Crippen MR) is 103 cm³/mol. The van der Waals surface area contributed by atoms with Crippen LogP contribution in [0.15, 0.2) is 0 Å². The van der Waals surface area contributed by atoms with Crippen LogP contribution in [-0.2, 0) is 0 Å². The van der Waals surface area contributed by atoms with E-state index >= 15 is 0 Å². The molecule has 3 aliphatic carbocycles. The highest BCUT2D eigenvalue weighted by molar-refractivity contribution is 5.09. The molecule has 3 fully saturated rings. The van der Waals surface area contributed by atoms with Crippen molar-refractivity contribution in [1.82, 2.24) is 5.32 Å². The average molecular weight is 352 g/mol. The van der Waals surface area contributed by atoms with Crippen molar-refractivity contribution in [2.24, 2.45) is 39.9 Å². The first kappa shape index (κ1) is 19.6. The van der Waals surface area contributed by atoms with Gasteiger partial charge in [0.2, 0.25) is 0 Å². The van der Waals surface area contributed by atoms with Crippen LogP contribution in [0, 0.1) is 39.9 Å². The quantitative estimate of drug-likeness (QED) is 0.721. The molecule has 3 aliphatic rings. The van der Waals surface area contributed by atoms with Gasteiger partial charge in [0.25, 0.3) is 0 Å². The SMILES string of the molecule is CNC[C@@H]1[C@@H]([C@@]2(C)CC[C@H](O)C[C@@H]2CO)CC[C@@]2(C)[C@H]1CCC2(C)C. The molecule has 0 amide bonds. The van der Waals surface area contributed by atoms with E-state index in [0.29, 0.717) is 22.7 Å². The molecular formula is C22H41NO2. The first-order valence-electron chi connectivity index (χ1n) is 10.6. The number of aliphatic hydroxyl groups is 2. The molecule has 0 saturated heterocycles. The van der Waals surface area contributed by atoms with Gasteiger partial charge in [-0.15, -0.1) is 0 Å². The molecule has 0 spiro atoms. The number of nitrogens with one attached hydrogen (secondary N) is 1. The summed E-state index contributed by atoms with van der Waals surface area (Å²) in [6.07, 6.45) is 7.85. The Morgan fingerprint density at radius 3 is 2.28 bits per heavy atom. The lowest BCUT2D eigenvalue weighted by Gasteiger charge is -2.58. The van der Waals surface area contributed by atoms with E-state index in [1.54, 1.807) is 0 Å². The number of hydrogen-bond acceptors (Lipinski definition) is 3. The molecule has 3 saturated carbocycles. The van der Waals surface area contributed by atoms with E-state index in [2.05, 4.69) is 40.1 Å². The maximum Gasteiger partial charge on any atom is 0.0544 e. The van der Waals surface area contributed by atoms with Gasteiger partial charge in [-0.05, 0) is 98.5 Å². The third-order valence-corrected chi connectivity index (χ3v) is 9.47.